The number of rotatable bonds is 6. The van der Waals surface area contributed by atoms with Crippen molar-refractivity contribution >= 4 is 17.6 Å². The first-order valence-corrected chi connectivity index (χ1v) is 7.45. The summed E-state index contributed by atoms with van der Waals surface area (Å²) >= 11 is 0. The highest BCUT2D eigenvalue weighted by molar-refractivity contribution is 5.95. The maximum atomic E-state index is 12.6. The SMILES string of the molecule is CCOc1ccc(C(=O)N2CCOCC2CC(=O)O)cc1[N+](=O)[O-]. The minimum absolute atomic E-state index is 0.0862. The Morgan fingerprint density at radius 2 is 2.25 bits per heavy atom. The summed E-state index contributed by atoms with van der Waals surface area (Å²) in [7, 11) is 0. The highest BCUT2D eigenvalue weighted by Gasteiger charge is 2.31. The summed E-state index contributed by atoms with van der Waals surface area (Å²) in [5.41, 5.74) is -0.187. The third-order valence-electron chi connectivity index (χ3n) is 3.60. The minimum Gasteiger partial charge on any atom is -0.487 e. The van der Waals surface area contributed by atoms with E-state index in [1.807, 2.05) is 0 Å². The van der Waals surface area contributed by atoms with Gasteiger partial charge in [0.25, 0.3) is 5.91 Å². The lowest BCUT2D eigenvalue weighted by Gasteiger charge is -2.34. The van der Waals surface area contributed by atoms with Crippen molar-refractivity contribution in [1.82, 2.24) is 4.90 Å². The summed E-state index contributed by atoms with van der Waals surface area (Å²) < 4.78 is 10.4. The zero-order valence-corrected chi connectivity index (χ0v) is 13.1. The molecule has 1 aromatic rings. The first-order chi connectivity index (χ1) is 11.4. The van der Waals surface area contributed by atoms with Gasteiger partial charge < -0.3 is 19.5 Å². The monoisotopic (exact) mass is 338 g/mol. The molecule has 1 aromatic carbocycles. The number of aliphatic carboxylic acids is 1. The fourth-order valence-corrected chi connectivity index (χ4v) is 2.53. The third-order valence-corrected chi connectivity index (χ3v) is 3.60. The standard InChI is InChI=1S/C15H18N2O7/c1-2-24-13-4-3-10(7-12(13)17(21)22)15(20)16-5-6-23-9-11(16)8-14(18)19/h3-4,7,11H,2,5-6,8-9H2,1H3,(H,18,19). The maximum Gasteiger partial charge on any atom is 0.311 e. The van der Waals surface area contributed by atoms with Gasteiger partial charge in [-0.15, -0.1) is 0 Å². The van der Waals surface area contributed by atoms with E-state index in [1.165, 1.54) is 17.0 Å². The average Bonchev–Trinajstić information content (AvgIpc) is 2.54. The fourth-order valence-electron chi connectivity index (χ4n) is 2.53. The topological polar surface area (TPSA) is 119 Å². The number of morpholine rings is 1. The third kappa shape index (κ3) is 3.99. The molecule has 1 aliphatic rings. The molecule has 0 saturated carbocycles. The smallest absolute Gasteiger partial charge is 0.311 e. The molecule has 1 N–H and O–H groups in total. The van der Waals surface area contributed by atoms with Gasteiger partial charge in [-0.05, 0) is 19.1 Å². The van der Waals surface area contributed by atoms with Crippen molar-refractivity contribution in [3.05, 3.63) is 33.9 Å². The Kier molecular flexibility index (Phi) is 5.69. The van der Waals surface area contributed by atoms with E-state index in [0.717, 1.165) is 6.07 Å². The number of carboxylic acid groups (broad SMARTS) is 1. The van der Waals surface area contributed by atoms with Crippen LogP contribution in [-0.4, -0.2) is 59.2 Å². The molecule has 24 heavy (non-hydrogen) atoms. The van der Waals surface area contributed by atoms with Gasteiger partial charge in [0.15, 0.2) is 5.75 Å². The van der Waals surface area contributed by atoms with Crippen molar-refractivity contribution in [1.29, 1.82) is 0 Å². The van der Waals surface area contributed by atoms with Crippen molar-refractivity contribution in [3.63, 3.8) is 0 Å². The minimum atomic E-state index is -1.04. The molecule has 1 saturated heterocycles. The zero-order chi connectivity index (χ0) is 17.7. The highest BCUT2D eigenvalue weighted by Crippen LogP contribution is 2.29. The molecule has 2 rings (SSSR count). The first kappa shape index (κ1) is 17.7. The lowest BCUT2D eigenvalue weighted by atomic mass is 10.1. The average molecular weight is 338 g/mol. The van der Waals surface area contributed by atoms with Crippen LogP contribution in [0.2, 0.25) is 0 Å². The largest absolute Gasteiger partial charge is 0.487 e. The Labute approximate surface area is 137 Å². The molecule has 130 valence electrons. The second-order valence-corrected chi connectivity index (χ2v) is 5.20. The first-order valence-electron chi connectivity index (χ1n) is 7.45. The van der Waals surface area contributed by atoms with Gasteiger partial charge in [0.2, 0.25) is 0 Å². The van der Waals surface area contributed by atoms with Crippen molar-refractivity contribution in [2.24, 2.45) is 0 Å². The molecule has 9 nitrogen and oxygen atoms in total. The molecule has 1 unspecified atom stereocenters. The van der Waals surface area contributed by atoms with Crippen LogP contribution in [0.3, 0.4) is 0 Å². The molecule has 1 aliphatic heterocycles. The van der Waals surface area contributed by atoms with Crippen molar-refractivity contribution < 1.29 is 29.1 Å². The quantitative estimate of drug-likeness (QED) is 0.613. The van der Waals surface area contributed by atoms with Crippen LogP contribution in [0.4, 0.5) is 5.69 Å². The van der Waals surface area contributed by atoms with Crippen LogP contribution in [0, 0.1) is 10.1 Å². The van der Waals surface area contributed by atoms with Crippen molar-refractivity contribution in [2.45, 2.75) is 19.4 Å². The van der Waals surface area contributed by atoms with Crippen LogP contribution in [0.25, 0.3) is 0 Å². The molecule has 1 amide bonds. The predicted octanol–water partition coefficient (Wildman–Crippen LogP) is 1.31. The number of amides is 1. The van der Waals surface area contributed by atoms with E-state index in [1.54, 1.807) is 6.92 Å². The van der Waals surface area contributed by atoms with Crippen LogP contribution in [0.1, 0.15) is 23.7 Å². The van der Waals surface area contributed by atoms with E-state index in [0.29, 0.717) is 6.61 Å². The second-order valence-electron chi connectivity index (χ2n) is 5.20. The van der Waals surface area contributed by atoms with Gasteiger partial charge in [0.1, 0.15) is 0 Å². The predicted molar refractivity (Wildman–Crippen MR) is 82.2 cm³/mol. The fraction of sp³-hybridized carbons (Fsp3) is 0.467. The van der Waals surface area contributed by atoms with Crippen molar-refractivity contribution in [2.75, 3.05) is 26.4 Å². The molecular formula is C15H18N2O7. The summed E-state index contributed by atoms with van der Waals surface area (Å²) in [5.74, 6) is -1.42. The molecule has 9 heteroatoms. The number of hydrogen-bond donors (Lipinski definition) is 1. The van der Waals surface area contributed by atoms with Gasteiger partial charge in [0, 0.05) is 18.2 Å². The van der Waals surface area contributed by atoms with Crippen LogP contribution >= 0.6 is 0 Å². The molecule has 1 fully saturated rings. The molecule has 1 atom stereocenters. The van der Waals surface area contributed by atoms with Crippen LogP contribution in [0.5, 0.6) is 5.75 Å². The lowest BCUT2D eigenvalue weighted by molar-refractivity contribution is -0.385. The van der Waals surface area contributed by atoms with Gasteiger partial charge >= 0.3 is 11.7 Å². The highest BCUT2D eigenvalue weighted by atomic mass is 16.6. The zero-order valence-electron chi connectivity index (χ0n) is 13.1. The number of carbonyl (C=O) groups excluding carboxylic acids is 1. The van der Waals surface area contributed by atoms with Crippen molar-refractivity contribution in [3.8, 4) is 5.75 Å². The summed E-state index contributed by atoms with van der Waals surface area (Å²) in [6, 6.07) is 3.37. The number of carboxylic acids is 1. The molecule has 0 spiro atoms. The van der Waals surface area contributed by atoms with E-state index >= 15 is 0 Å². The molecule has 0 bridgehead atoms. The van der Waals surface area contributed by atoms with Crippen LogP contribution < -0.4 is 4.74 Å². The number of nitro groups is 1. The number of nitro benzene ring substituents is 1. The van der Waals surface area contributed by atoms with E-state index in [-0.39, 0.29) is 43.2 Å². The summed E-state index contributed by atoms with van der Waals surface area (Å²) in [6.07, 6.45) is -0.245. The van der Waals surface area contributed by atoms with Gasteiger partial charge in [-0.1, -0.05) is 0 Å². The van der Waals surface area contributed by atoms with Gasteiger partial charge in [-0.2, -0.15) is 0 Å². The Bertz CT molecular complexity index is 647. The number of carbonyl (C=O) groups is 2. The summed E-state index contributed by atoms with van der Waals surface area (Å²) in [6.45, 7) is 2.61. The Balaban J connectivity index is 2.28. The summed E-state index contributed by atoms with van der Waals surface area (Å²) in [4.78, 5) is 35.5. The van der Waals surface area contributed by atoms with Gasteiger partial charge in [0.05, 0.1) is 37.2 Å². The molecule has 0 aromatic heterocycles. The Hall–Kier alpha value is -2.68. The van der Waals surface area contributed by atoms with Gasteiger partial charge in [-0.25, -0.2) is 0 Å². The van der Waals surface area contributed by atoms with E-state index in [9.17, 15) is 19.7 Å². The maximum absolute atomic E-state index is 12.6. The van der Waals surface area contributed by atoms with Gasteiger partial charge in [-0.3, -0.25) is 19.7 Å². The van der Waals surface area contributed by atoms with E-state index in [2.05, 4.69) is 0 Å². The summed E-state index contributed by atoms with van der Waals surface area (Å²) in [5, 5.41) is 20.1. The Morgan fingerprint density at radius 1 is 1.50 bits per heavy atom. The Morgan fingerprint density at radius 3 is 2.88 bits per heavy atom. The number of benzene rings is 1. The molecule has 0 radical (unpaired) electrons. The van der Waals surface area contributed by atoms with E-state index < -0.39 is 22.8 Å². The second kappa shape index (κ2) is 7.73. The molecular weight excluding hydrogens is 320 g/mol. The molecule has 1 heterocycles. The van der Waals surface area contributed by atoms with Crippen LogP contribution in [0.15, 0.2) is 18.2 Å². The molecule has 0 aliphatic carbocycles. The number of nitrogens with zero attached hydrogens (tertiary/aromatic N) is 2. The number of ether oxygens (including phenoxy) is 2. The lowest BCUT2D eigenvalue weighted by Crippen LogP contribution is -2.49. The van der Waals surface area contributed by atoms with Crippen LogP contribution in [-0.2, 0) is 9.53 Å². The normalized spacial score (nSPS) is 17.4. The number of hydrogen-bond acceptors (Lipinski definition) is 6. The van der Waals surface area contributed by atoms with E-state index in [4.69, 9.17) is 14.6 Å².